The Morgan fingerprint density at radius 3 is 2.23 bits per heavy atom. The van der Waals surface area contributed by atoms with Crippen LogP contribution in [0, 0.1) is 0 Å². The molecule has 2 atom stereocenters. The van der Waals surface area contributed by atoms with Gasteiger partial charge in [-0.15, -0.1) is 0 Å². The SMILES string of the molecule is O=C(O)C(c1ccc2c(c1)OCO2)C(C(=O)O)c1ccc2nsnc2c1. The van der Waals surface area contributed by atoms with Gasteiger partial charge in [-0.25, -0.2) is 0 Å². The highest BCUT2D eigenvalue weighted by Gasteiger charge is 2.37. The molecule has 4 rings (SSSR count). The quantitative estimate of drug-likeness (QED) is 0.701. The van der Waals surface area contributed by atoms with Gasteiger partial charge in [0.25, 0.3) is 0 Å². The van der Waals surface area contributed by atoms with E-state index in [4.69, 9.17) is 9.47 Å². The summed E-state index contributed by atoms with van der Waals surface area (Å²) in [4.78, 5) is 23.9. The highest BCUT2D eigenvalue weighted by molar-refractivity contribution is 7.00. The second-order valence-electron chi connectivity index (χ2n) is 5.76. The van der Waals surface area contributed by atoms with Crippen molar-refractivity contribution in [2.75, 3.05) is 6.79 Å². The molecule has 1 aromatic heterocycles. The van der Waals surface area contributed by atoms with Crippen LogP contribution in [-0.2, 0) is 9.59 Å². The minimum Gasteiger partial charge on any atom is -0.481 e. The second kappa shape index (κ2) is 6.26. The molecule has 2 unspecified atom stereocenters. The van der Waals surface area contributed by atoms with Gasteiger partial charge in [0.05, 0.1) is 23.6 Å². The van der Waals surface area contributed by atoms with Crippen LogP contribution in [0.25, 0.3) is 11.0 Å². The molecule has 0 amide bonds. The molecule has 0 radical (unpaired) electrons. The molecule has 0 saturated carbocycles. The normalized spacial score (nSPS) is 14.9. The predicted octanol–water partition coefficient (Wildman–Crippen LogP) is 2.46. The molecule has 2 N–H and O–H groups in total. The van der Waals surface area contributed by atoms with Crippen LogP contribution in [0.3, 0.4) is 0 Å². The summed E-state index contributed by atoms with van der Waals surface area (Å²) < 4.78 is 18.7. The van der Waals surface area contributed by atoms with E-state index in [9.17, 15) is 19.8 Å². The molecule has 2 aromatic carbocycles. The molecule has 0 aliphatic carbocycles. The summed E-state index contributed by atoms with van der Waals surface area (Å²) in [6.45, 7) is 0.0480. The molecule has 1 aliphatic heterocycles. The number of aliphatic carboxylic acids is 2. The summed E-state index contributed by atoms with van der Waals surface area (Å²) >= 11 is 1.01. The number of benzene rings is 2. The van der Waals surface area contributed by atoms with Gasteiger partial charge in [-0.3, -0.25) is 9.59 Å². The highest BCUT2D eigenvalue weighted by Crippen LogP contribution is 2.40. The van der Waals surface area contributed by atoms with Gasteiger partial charge in [-0.05, 0) is 35.4 Å². The van der Waals surface area contributed by atoms with Crippen molar-refractivity contribution in [3.63, 3.8) is 0 Å². The summed E-state index contributed by atoms with van der Waals surface area (Å²) in [7, 11) is 0. The fourth-order valence-corrected chi connectivity index (χ4v) is 3.57. The zero-order valence-corrected chi connectivity index (χ0v) is 14.0. The zero-order valence-electron chi connectivity index (χ0n) is 13.2. The third-order valence-corrected chi connectivity index (χ3v) is 4.81. The summed E-state index contributed by atoms with van der Waals surface area (Å²) in [5.74, 6) is -4.17. The van der Waals surface area contributed by atoms with Crippen molar-refractivity contribution < 1.29 is 29.3 Å². The largest absolute Gasteiger partial charge is 0.481 e. The Labute approximate surface area is 150 Å². The summed E-state index contributed by atoms with van der Waals surface area (Å²) in [6, 6.07) is 9.43. The lowest BCUT2D eigenvalue weighted by molar-refractivity contribution is -0.147. The molecule has 2 heterocycles. The van der Waals surface area contributed by atoms with E-state index < -0.39 is 23.8 Å². The van der Waals surface area contributed by atoms with E-state index in [1.54, 1.807) is 30.3 Å². The summed E-state index contributed by atoms with van der Waals surface area (Å²) in [5.41, 5.74) is 1.85. The Balaban J connectivity index is 1.81. The number of carboxylic acid groups (broad SMARTS) is 2. The van der Waals surface area contributed by atoms with E-state index >= 15 is 0 Å². The van der Waals surface area contributed by atoms with Gasteiger partial charge in [0.15, 0.2) is 11.5 Å². The molecule has 26 heavy (non-hydrogen) atoms. The maximum Gasteiger partial charge on any atom is 0.312 e. The molecule has 9 heteroatoms. The third-order valence-electron chi connectivity index (χ3n) is 4.26. The number of nitrogens with zero attached hydrogens (tertiary/aromatic N) is 2. The number of aromatic nitrogens is 2. The Bertz CT molecular complexity index is 1020. The standard InChI is InChI=1S/C17H12N2O6S/c20-16(21)14(8-1-3-10-11(5-8)19-26-18-10)15(17(22)23)9-2-4-12-13(6-9)25-7-24-12/h1-6,14-15H,7H2,(H,20,21)(H,22,23). The lowest BCUT2D eigenvalue weighted by Gasteiger charge is -2.21. The smallest absolute Gasteiger partial charge is 0.312 e. The Morgan fingerprint density at radius 1 is 0.885 bits per heavy atom. The van der Waals surface area contributed by atoms with Crippen LogP contribution >= 0.6 is 11.7 Å². The van der Waals surface area contributed by atoms with Gasteiger partial charge in [0.1, 0.15) is 11.0 Å². The third kappa shape index (κ3) is 2.72. The van der Waals surface area contributed by atoms with Gasteiger partial charge in [0.2, 0.25) is 6.79 Å². The van der Waals surface area contributed by atoms with Gasteiger partial charge in [-0.2, -0.15) is 8.75 Å². The van der Waals surface area contributed by atoms with Crippen LogP contribution in [0.1, 0.15) is 23.0 Å². The molecule has 132 valence electrons. The molecule has 8 nitrogen and oxygen atoms in total. The number of rotatable bonds is 5. The number of hydrogen-bond donors (Lipinski definition) is 2. The first-order valence-electron chi connectivity index (χ1n) is 7.62. The van der Waals surface area contributed by atoms with E-state index in [2.05, 4.69) is 8.75 Å². The van der Waals surface area contributed by atoms with Crippen molar-refractivity contribution in [2.24, 2.45) is 0 Å². The molecule has 0 fully saturated rings. The number of fused-ring (bicyclic) bond motifs is 2. The molecular formula is C17H12N2O6S. The van der Waals surface area contributed by atoms with Crippen LogP contribution in [0.5, 0.6) is 11.5 Å². The fraction of sp³-hybridized carbons (Fsp3) is 0.176. The van der Waals surface area contributed by atoms with Gasteiger partial charge in [0, 0.05) is 0 Å². The predicted molar refractivity (Wildman–Crippen MR) is 90.7 cm³/mol. The molecule has 0 saturated heterocycles. The van der Waals surface area contributed by atoms with Crippen LogP contribution in [0.15, 0.2) is 36.4 Å². The monoisotopic (exact) mass is 372 g/mol. The van der Waals surface area contributed by atoms with Gasteiger partial charge < -0.3 is 19.7 Å². The van der Waals surface area contributed by atoms with Crippen molar-refractivity contribution in [3.8, 4) is 11.5 Å². The first-order valence-corrected chi connectivity index (χ1v) is 8.35. The van der Waals surface area contributed by atoms with E-state index in [1.807, 2.05) is 0 Å². The Hall–Kier alpha value is -3.20. The maximum atomic E-state index is 12.0. The fourth-order valence-electron chi connectivity index (χ4n) is 3.05. The average Bonchev–Trinajstić information content (AvgIpc) is 3.26. The van der Waals surface area contributed by atoms with E-state index in [1.165, 1.54) is 6.07 Å². The minimum atomic E-state index is -1.30. The number of ether oxygens (including phenoxy) is 2. The lowest BCUT2D eigenvalue weighted by atomic mass is 9.81. The Kier molecular flexibility index (Phi) is 3.92. The lowest BCUT2D eigenvalue weighted by Crippen LogP contribution is -2.26. The van der Waals surface area contributed by atoms with Gasteiger partial charge >= 0.3 is 11.9 Å². The van der Waals surface area contributed by atoms with Crippen LogP contribution in [0.2, 0.25) is 0 Å². The van der Waals surface area contributed by atoms with Crippen molar-refractivity contribution in [1.29, 1.82) is 0 Å². The van der Waals surface area contributed by atoms with Crippen molar-refractivity contribution in [1.82, 2.24) is 8.75 Å². The van der Waals surface area contributed by atoms with Crippen LogP contribution in [0.4, 0.5) is 0 Å². The Morgan fingerprint density at radius 2 is 1.50 bits per heavy atom. The first-order chi connectivity index (χ1) is 12.5. The van der Waals surface area contributed by atoms with Crippen LogP contribution < -0.4 is 9.47 Å². The van der Waals surface area contributed by atoms with Crippen molar-refractivity contribution in [2.45, 2.75) is 11.8 Å². The number of carboxylic acids is 2. The molecular weight excluding hydrogens is 360 g/mol. The molecule has 3 aromatic rings. The average molecular weight is 372 g/mol. The molecule has 0 spiro atoms. The second-order valence-corrected chi connectivity index (χ2v) is 6.29. The molecule has 0 bridgehead atoms. The van der Waals surface area contributed by atoms with E-state index in [0.717, 1.165) is 11.7 Å². The van der Waals surface area contributed by atoms with Crippen LogP contribution in [-0.4, -0.2) is 37.7 Å². The zero-order chi connectivity index (χ0) is 18.3. The van der Waals surface area contributed by atoms with E-state index in [-0.39, 0.29) is 6.79 Å². The first kappa shape index (κ1) is 16.3. The highest BCUT2D eigenvalue weighted by atomic mass is 32.1. The maximum absolute atomic E-state index is 12.0. The molecule has 1 aliphatic rings. The van der Waals surface area contributed by atoms with Crippen molar-refractivity contribution in [3.05, 3.63) is 47.5 Å². The minimum absolute atomic E-state index is 0.0480. The topological polar surface area (TPSA) is 119 Å². The number of carbonyl (C=O) groups is 2. The summed E-state index contributed by atoms with van der Waals surface area (Å²) in [6.07, 6.45) is 0. The van der Waals surface area contributed by atoms with E-state index in [0.29, 0.717) is 33.7 Å². The number of hydrogen-bond acceptors (Lipinski definition) is 7. The van der Waals surface area contributed by atoms with Gasteiger partial charge in [-0.1, -0.05) is 12.1 Å². The van der Waals surface area contributed by atoms with Crippen molar-refractivity contribution >= 4 is 34.7 Å². The summed E-state index contributed by atoms with van der Waals surface area (Å²) in [5, 5.41) is 19.5.